The Morgan fingerprint density at radius 1 is 1.00 bits per heavy atom. The van der Waals surface area contributed by atoms with Crippen LogP contribution in [-0.4, -0.2) is 25.2 Å². The number of carbonyl (C=O) groups is 1. The van der Waals surface area contributed by atoms with E-state index in [9.17, 15) is 4.79 Å². The third-order valence-electron chi connectivity index (χ3n) is 4.77. The molecular formula is C23H25N3O. The summed E-state index contributed by atoms with van der Waals surface area (Å²) in [5.74, 6) is -0.194. The average molecular weight is 359 g/mol. The Hall–Kier alpha value is -3.14. The largest absolute Gasteiger partial charge is 0.372 e. The molecule has 3 rings (SSSR count). The summed E-state index contributed by atoms with van der Waals surface area (Å²) in [6, 6.07) is 20.0. The number of fused-ring (bicyclic) bond motifs is 1. The second-order valence-corrected chi connectivity index (χ2v) is 6.44. The van der Waals surface area contributed by atoms with Crippen molar-refractivity contribution in [1.82, 2.24) is 5.43 Å². The Morgan fingerprint density at radius 2 is 1.70 bits per heavy atom. The van der Waals surface area contributed by atoms with Crippen molar-refractivity contribution in [3.63, 3.8) is 0 Å². The van der Waals surface area contributed by atoms with Crippen LogP contribution in [0.1, 0.15) is 35.3 Å². The van der Waals surface area contributed by atoms with E-state index in [1.165, 1.54) is 5.69 Å². The third kappa shape index (κ3) is 4.17. The summed E-state index contributed by atoms with van der Waals surface area (Å²) < 4.78 is 0. The van der Waals surface area contributed by atoms with Crippen molar-refractivity contribution >= 4 is 28.6 Å². The molecule has 0 unspecified atom stereocenters. The van der Waals surface area contributed by atoms with E-state index >= 15 is 0 Å². The first-order valence-electron chi connectivity index (χ1n) is 9.30. The van der Waals surface area contributed by atoms with E-state index in [0.29, 0.717) is 5.56 Å². The van der Waals surface area contributed by atoms with Crippen molar-refractivity contribution < 1.29 is 4.79 Å². The summed E-state index contributed by atoms with van der Waals surface area (Å²) in [7, 11) is 0. The third-order valence-corrected chi connectivity index (χ3v) is 4.77. The number of benzene rings is 3. The lowest BCUT2D eigenvalue weighted by atomic mass is 9.99. The van der Waals surface area contributed by atoms with Gasteiger partial charge < -0.3 is 4.90 Å². The number of hydrogen-bond donors (Lipinski definition) is 1. The molecule has 1 N–H and O–H groups in total. The van der Waals surface area contributed by atoms with Crippen molar-refractivity contribution in [3.8, 4) is 0 Å². The van der Waals surface area contributed by atoms with E-state index in [4.69, 9.17) is 0 Å². The summed E-state index contributed by atoms with van der Waals surface area (Å²) >= 11 is 0. The van der Waals surface area contributed by atoms with E-state index in [-0.39, 0.29) is 5.91 Å². The molecule has 27 heavy (non-hydrogen) atoms. The number of aryl methyl sites for hydroxylation is 1. The molecule has 0 aliphatic carbocycles. The molecule has 0 saturated heterocycles. The summed E-state index contributed by atoms with van der Waals surface area (Å²) in [5, 5.41) is 6.13. The number of nitrogens with one attached hydrogen (secondary N) is 1. The highest BCUT2D eigenvalue weighted by Gasteiger charge is 2.12. The minimum atomic E-state index is -0.194. The predicted molar refractivity (Wildman–Crippen MR) is 114 cm³/mol. The quantitative estimate of drug-likeness (QED) is 0.509. The number of carbonyl (C=O) groups excluding carboxylic acids is 1. The Kier molecular flexibility index (Phi) is 5.87. The molecule has 0 aromatic heterocycles. The van der Waals surface area contributed by atoms with Crippen LogP contribution in [-0.2, 0) is 0 Å². The average Bonchev–Trinajstić information content (AvgIpc) is 2.70. The van der Waals surface area contributed by atoms with Crippen LogP contribution in [0.4, 0.5) is 5.69 Å². The Balaban J connectivity index is 1.74. The Bertz CT molecular complexity index is 957. The van der Waals surface area contributed by atoms with Gasteiger partial charge in [0.2, 0.25) is 0 Å². The first-order valence-corrected chi connectivity index (χ1v) is 9.30. The molecule has 0 atom stereocenters. The van der Waals surface area contributed by atoms with Crippen molar-refractivity contribution in [3.05, 3.63) is 77.4 Å². The molecule has 0 aliphatic heterocycles. The normalized spacial score (nSPS) is 11.1. The maximum absolute atomic E-state index is 12.7. The van der Waals surface area contributed by atoms with Gasteiger partial charge in [-0.2, -0.15) is 5.10 Å². The number of nitrogens with zero attached hydrogens (tertiary/aromatic N) is 2. The molecule has 0 bridgehead atoms. The van der Waals surface area contributed by atoms with Crippen LogP contribution in [0.25, 0.3) is 10.8 Å². The lowest BCUT2D eigenvalue weighted by Crippen LogP contribution is -2.21. The van der Waals surface area contributed by atoms with E-state index < -0.39 is 0 Å². The van der Waals surface area contributed by atoms with Crippen LogP contribution in [0.15, 0.2) is 65.8 Å². The van der Waals surface area contributed by atoms with Crippen molar-refractivity contribution in [2.45, 2.75) is 20.8 Å². The fourth-order valence-corrected chi connectivity index (χ4v) is 3.26. The highest BCUT2D eigenvalue weighted by Crippen LogP contribution is 2.22. The van der Waals surface area contributed by atoms with Gasteiger partial charge in [-0.15, -0.1) is 0 Å². The first-order chi connectivity index (χ1) is 13.1. The molecule has 0 fully saturated rings. The van der Waals surface area contributed by atoms with Crippen LogP contribution in [0.5, 0.6) is 0 Å². The lowest BCUT2D eigenvalue weighted by Gasteiger charge is -2.20. The molecule has 4 nitrogen and oxygen atoms in total. The zero-order valence-corrected chi connectivity index (χ0v) is 16.1. The van der Waals surface area contributed by atoms with Crippen LogP contribution in [0.3, 0.4) is 0 Å². The number of anilines is 1. The van der Waals surface area contributed by atoms with Gasteiger partial charge in [-0.1, -0.05) is 48.5 Å². The SMILES string of the molecule is CCN(CC)c1ccc(/C=N\NC(=O)c2c(C)ccc3ccccc23)cc1. The molecular weight excluding hydrogens is 334 g/mol. The van der Waals surface area contributed by atoms with E-state index in [2.05, 4.69) is 41.4 Å². The van der Waals surface area contributed by atoms with Gasteiger partial charge in [0.25, 0.3) is 5.91 Å². The smallest absolute Gasteiger partial charge is 0.272 e. The molecule has 4 heteroatoms. The standard InChI is InChI=1S/C23H25N3O/c1-4-26(5-2)20-14-11-18(12-15-20)16-24-25-23(27)22-17(3)10-13-19-8-6-7-9-21(19)22/h6-16H,4-5H2,1-3H3,(H,25,27)/b24-16-. The van der Waals surface area contributed by atoms with Crippen LogP contribution in [0, 0.1) is 6.92 Å². The van der Waals surface area contributed by atoms with Gasteiger partial charge in [0.05, 0.1) is 11.8 Å². The van der Waals surface area contributed by atoms with E-state index in [1.54, 1.807) is 6.21 Å². The summed E-state index contributed by atoms with van der Waals surface area (Å²) in [5.41, 5.74) is 6.40. The maximum atomic E-state index is 12.7. The van der Waals surface area contributed by atoms with Crippen LogP contribution >= 0.6 is 0 Å². The second-order valence-electron chi connectivity index (χ2n) is 6.44. The summed E-state index contributed by atoms with van der Waals surface area (Å²) in [4.78, 5) is 14.9. The molecule has 0 heterocycles. The van der Waals surface area contributed by atoms with Gasteiger partial charge in [-0.25, -0.2) is 5.43 Å². The summed E-state index contributed by atoms with van der Waals surface area (Å²) in [6.45, 7) is 8.18. The maximum Gasteiger partial charge on any atom is 0.272 e. The minimum Gasteiger partial charge on any atom is -0.372 e. The molecule has 0 saturated carbocycles. The zero-order valence-electron chi connectivity index (χ0n) is 16.1. The zero-order chi connectivity index (χ0) is 19.2. The number of hydrogen-bond acceptors (Lipinski definition) is 3. The van der Waals surface area contributed by atoms with Gasteiger partial charge in [0, 0.05) is 18.8 Å². The molecule has 138 valence electrons. The van der Waals surface area contributed by atoms with Gasteiger partial charge in [0.1, 0.15) is 0 Å². The van der Waals surface area contributed by atoms with E-state index in [1.807, 2.05) is 55.5 Å². The Labute approximate surface area is 160 Å². The molecule has 0 spiro atoms. The predicted octanol–water partition coefficient (Wildman–Crippen LogP) is 4.76. The van der Waals surface area contributed by atoms with Crippen molar-refractivity contribution in [1.29, 1.82) is 0 Å². The van der Waals surface area contributed by atoms with E-state index in [0.717, 1.165) is 35.0 Å². The van der Waals surface area contributed by atoms with Crippen molar-refractivity contribution in [2.75, 3.05) is 18.0 Å². The minimum absolute atomic E-state index is 0.194. The van der Waals surface area contributed by atoms with Crippen LogP contribution < -0.4 is 10.3 Å². The number of hydrazone groups is 1. The number of rotatable bonds is 6. The second kappa shape index (κ2) is 8.49. The molecule has 0 aliphatic rings. The first kappa shape index (κ1) is 18.6. The summed E-state index contributed by atoms with van der Waals surface area (Å²) in [6.07, 6.45) is 1.67. The van der Waals surface area contributed by atoms with Gasteiger partial charge in [-0.3, -0.25) is 4.79 Å². The fraction of sp³-hybridized carbons (Fsp3) is 0.217. The fourth-order valence-electron chi connectivity index (χ4n) is 3.26. The highest BCUT2D eigenvalue weighted by molar-refractivity contribution is 6.08. The Morgan fingerprint density at radius 3 is 2.41 bits per heavy atom. The molecule has 0 radical (unpaired) electrons. The molecule has 1 amide bonds. The number of amides is 1. The van der Waals surface area contributed by atoms with Gasteiger partial charge in [-0.05, 0) is 54.8 Å². The highest BCUT2D eigenvalue weighted by atomic mass is 16.2. The lowest BCUT2D eigenvalue weighted by molar-refractivity contribution is 0.0956. The monoisotopic (exact) mass is 359 g/mol. The van der Waals surface area contributed by atoms with Crippen molar-refractivity contribution in [2.24, 2.45) is 5.10 Å². The molecule has 3 aromatic rings. The van der Waals surface area contributed by atoms with Gasteiger partial charge >= 0.3 is 0 Å². The van der Waals surface area contributed by atoms with Gasteiger partial charge in [0.15, 0.2) is 0 Å². The topological polar surface area (TPSA) is 44.7 Å². The van der Waals surface area contributed by atoms with Crippen LogP contribution in [0.2, 0.25) is 0 Å². The molecule has 3 aromatic carbocycles.